The predicted octanol–water partition coefficient (Wildman–Crippen LogP) is 9.25. The molecule has 18 nitrogen and oxygen atoms in total. The first-order valence-electron chi connectivity index (χ1n) is 31.2. The summed E-state index contributed by atoms with van der Waals surface area (Å²) in [4.78, 5) is 99.0. The number of ether oxygens (including phenoxy) is 6. The number of nitrogens with zero attached hydrogens (tertiary/aromatic N) is 3. The number of aliphatic hydroxyl groups excluding tert-OH is 1. The summed E-state index contributed by atoms with van der Waals surface area (Å²) < 4.78 is 36.7. The van der Waals surface area contributed by atoms with Gasteiger partial charge in [0.15, 0.2) is 5.78 Å². The second kappa shape index (κ2) is 30.1. The number of aromatic nitrogens is 1. The zero-order valence-electron chi connectivity index (χ0n) is 52.4. The number of benzene rings is 1. The third-order valence-corrected chi connectivity index (χ3v) is 19.0. The smallest absolute Gasteiger partial charge is 0.329 e. The standard InChI is InChI=1S/C67H97N3O15/c1-40-32-44(5)59(72)61(81-12)60(73)45(6)33-41(2)54(71)38-57(42(3)34-47-25-29-55(58(36-47)80-11)83-65(77)66(8,9)39-48-20-16-18-30-68-48)82-64(76)53-23-17-19-31-69(53)63(75)62(74)67(78)46(7)24-26-50(84-67)37-56(79-10)43(4)35-51-27-28-52(40)70(85-51)49-21-14-13-15-22-49/h13-16,18,20-22,30,33,35,40-42,44,46-47,50-53,55-58,60-61,73,78H,17,19,23-29,31-32,34,36-39H2,1-12H3/b43-35+,45-33+/t40-,41+,42+,44+,46+,47-,50-,51?,52?,53-,55+,56-,57?,58+,60+,61-,67+/m0/s1. The van der Waals surface area contributed by atoms with Crippen molar-refractivity contribution in [2.24, 2.45) is 40.9 Å². The molecule has 3 saturated heterocycles. The number of fused-ring (bicyclic) bond motifs is 17. The van der Waals surface area contributed by atoms with Crippen molar-refractivity contribution in [2.45, 2.75) is 225 Å². The van der Waals surface area contributed by atoms with Gasteiger partial charge in [-0.25, -0.2) is 4.79 Å². The molecule has 6 heterocycles. The van der Waals surface area contributed by atoms with E-state index in [0.29, 0.717) is 76.2 Å². The summed E-state index contributed by atoms with van der Waals surface area (Å²) in [5.74, 6) is -8.94. The Hall–Kier alpha value is -5.21. The van der Waals surface area contributed by atoms with Gasteiger partial charge in [-0.2, -0.15) is 0 Å². The van der Waals surface area contributed by atoms with Gasteiger partial charge in [0.25, 0.3) is 11.7 Å². The number of esters is 2. The van der Waals surface area contributed by atoms with Crippen molar-refractivity contribution in [1.82, 2.24) is 9.88 Å². The molecule has 3 unspecified atom stereocenters. The largest absolute Gasteiger partial charge is 0.460 e. The van der Waals surface area contributed by atoms with Crippen LogP contribution in [0.4, 0.5) is 5.69 Å². The number of Topliss-reactive ketones (excluding diaryl/α,β-unsaturated/α-hetero) is 3. The second-order valence-corrected chi connectivity index (χ2v) is 26.0. The number of carbonyl (C=O) groups is 6. The first kappa shape index (κ1) is 67.3. The van der Waals surface area contributed by atoms with Crippen LogP contribution in [-0.4, -0.2) is 150 Å². The maximum absolute atomic E-state index is 14.8. The first-order chi connectivity index (χ1) is 40.4. The Morgan fingerprint density at radius 2 is 1.55 bits per heavy atom. The molecule has 2 aromatic rings. The Bertz CT molecular complexity index is 2650. The van der Waals surface area contributed by atoms with E-state index >= 15 is 0 Å². The van der Waals surface area contributed by atoms with Crippen LogP contribution >= 0.6 is 0 Å². The van der Waals surface area contributed by atoms with Gasteiger partial charge in [-0.15, -0.1) is 0 Å². The number of ketones is 3. The van der Waals surface area contributed by atoms with E-state index in [1.807, 2.05) is 94.3 Å². The van der Waals surface area contributed by atoms with Gasteiger partial charge in [0.1, 0.15) is 42.3 Å². The van der Waals surface area contributed by atoms with E-state index in [1.54, 1.807) is 47.3 Å². The number of anilines is 1. The average molecular weight is 1180 g/mol. The third-order valence-electron chi connectivity index (χ3n) is 19.0. The van der Waals surface area contributed by atoms with Gasteiger partial charge in [-0.05, 0) is 158 Å². The van der Waals surface area contributed by atoms with Gasteiger partial charge in [0.05, 0.1) is 35.5 Å². The topological polar surface area (TPSA) is 227 Å². The lowest BCUT2D eigenvalue weighted by Gasteiger charge is -2.43. The molecule has 1 aliphatic carbocycles. The summed E-state index contributed by atoms with van der Waals surface area (Å²) in [5, 5.41) is 26.1. The van der Waals surface area contributed by atoms with E-state index < -0.39 is 101 Å². The molecule has 1 saturated carbocycles. The molecular weight excluding hydrogens is 1090 g/mol. The molecule has 0 radical (unpaired) electrons. The van der Waals surface area contributed by atoms with Crippen molar-refractivity contribution < 1.29 is 72.2 Å². The number of para-hydroxylation sites is 1. The highest BCUT2D eigenvalue weighted by Gasteiger charge is 2.53. The minimum absolute atomic E-state index is 0.0152. The Balaban J connectivity index is 1.16. The Morgan fingerprint density at radius 1 is 0.824 bits per heavy atom. The zero-order valence-corrected chi connectivity index (χ0v) is 52.4. The Morgan fingerprint density at radius 3 is 2.24 bits per heavy atom. The van der Waals surface area contributed by atoms with Crippen LogP contribution < -0.4 is 5.06 Å². The monoisotopic (exact) mass is 1180 g/mol. The van der Waals surface area contributed by atoms with E-state index in [1.165, 1.54) is 12.0 Å². The van der Waals surface area contributed by atoms with Crippen molar-refractivity contribution in [2.75, 3.05) is 32.9 Å². The van der Waals surface area contributed by atoms with Crippen LogP contribution in [0.3, 0.4) is 0 Å². The summed E-state index contributed by atoms with van der Waals surface area (Å²) in [6.45, 7) is 16.6. The van der Waals surface area contributed by atoms with Crippen LogP contribution in [0, 0.1) is 40.9 Å². The number of pyridine rings is 1. The van der Waals surface area contributed by atoms with E-state index in [-0.39, 0.29) is 67.3 Å². The maximum atomic E-state index is 14.8. The van der Waals surface area contributed by atoms with Gasteiger partial charge in [0.2, 0.25) is 5.79 Å². The molecule has 1 amide bonds. The number of hydrogen-bond acceptors (Lipinski definition) is 17. The minimum Gasteiger partial charge on any atom is -0.460 e. The molecule has 5 aliphatic heterocycles. The molecule has 0 spiro atoms. The quantitative estimate of drug-likeness (QED) is 0.121. The molecule has 17 atom stereocenters. The fourth-order valence-corrected chi connectivity index (χ4v) is 13.6. The molecule has 2 N–H and O–H groups in total. The highest BCUT2D eigenvalue weighted by molar-refractivity contribution is 6.39. The van der Waals surface area contributed by atoms with Crippen molar-refractivity contribution in [3.05, 3.63) is 83.7 Å². The predicted molar refractivity (Wildman–Crippen MR) is 319 cm³/mol. The van der Waals surface area contributed by atoms with Gasteiger partial charge < -0.3 is 43.5 Å². The van der Waals surface area contributed by atoms with Crippen molar-refractivity contribution in [3.63, 3.8) is 0 Å². The number of hydroxylamine groups is 1. The first-order valence-corrected chi connectivity index (χ1v) is 31.2. The molecular formula is C67H97N3O15. The van der Waals surface area contributed by atoms with Crippen molar-refractivity contribution >= 4 is 40.9 Å². The molecule has 4 bridgehead atoms. The maximum Gasteiger partial charge on any atom is 0.329 e. The van der Waals surface area contributed by atoms with Crippen LogP contribution in [0.2, 0.25) is 0 Å². The summed E-state index contributed by atoms with van der Waals surface area (Å²) in [6, 6.07) is 14.1. The van der Waals surface area contributed by atoms with Crippen LogP contribution in [-0.2, 0) is 68.4 Å². The lowest BCUT2D eigenvalue weighted by atomic mass is 9.78. The summed E-state index contributed by atoms with van der Waals surface area (Å²) in [7, 11) is 4.58. The molecule has 1 aromatic heterocycles. The van der Waals surface area contributed by atoms with Gasteiger partial charge >= 0.3 is 11.9 Å². The number of rotatable bonds is 11. The van der Waals surface area contributed by atoms with Crippen LogP contribution in [0.25, 0.3) is 0 Å². The lowest BCUT2D eigenvalue weighted by Crippen LogP contribution is -2.61. The number of carbonyl (C=O) groups excluding carboxylic acids is 6. The van der Waals surface area contributed by atoms with E-state index in [9.17, 15) is 39.0 Å². The van der Waals surface area contributed by atoms with Crippen molar-refractivity contribution in [3.8, 4) is 0 Å². The fraction of sp³-hybridized carbons (Fsp3) is 0.687. The molecule has 8 rings (SSSR count). The van der Waals surface area contributed by atoms with E-state index in [2.05, 4.69) is 11.9 Å². The van der Waals surface area contributed by atoms with Crippen LogP contribution in [0.5, 0.6) is 0 Å². The number of hydrogen-bond donors (Lipinski definition) is 2. The molecule has 1 aromatic carbocycles. The molecule has 470 valence electrons. The van der Waals surface area contributed by atoms with Gasteiger partial charge in [-0.1, -0.05) is 71.0 Å². The minimum atomic E-state index is -2.49. The summed E-state index contributed by atoms with van der Waals surface area (Å²) >= 11 is 0. The normalized spacial score (nSPS) is 35.6. The van der Waals surface area contributed by atoms with E-state index in [0.717, 1.165) is 23.4 Å². The molecule has 85 heavy (non-hydrogen) atoms. The summed E-state index contributed by atoms with van der Waals surface area (Å²) in [5.41, 5.74) is 2.01. The molecule has 4 fully saturated rings. The van der Waals surface area contributed by atoms with Gasteiger partial charge in [-0.3, -0.25) is 38.9 Å². The Labute approximate surface area is 504 Å². The van der Waals surface area contributed by atoms with E-state index in [4.69, 9.17) is 33.3 Å². The highest BCUT2D eigenvalue weighted by atomic mass is 16.7. The number of allylic oxidation sites excluding steroid dienone is 1. The number of methoxy groups -OCH3 is 3. The SMILES string of the molecule is CO[C@H]1C[C@@H]2CC[C@@H](C)[C@@](O)(O2)C(=O)C(=O)N2CCCC[C@H]2C(=O)OC([C@H](C)C[C@@H]2CC[C@@H](OC(=O)C(C)(C)Cc3ccccn3)[C@H](OC)C2)CC(=O)[C@H](C)/C=C(\C)[C@@H](O)[C@@H](OC)C(=O)[C@H](C)C[C@H](C)C2CCC(/C=C/1C)ON2c1ccccc1. The molecule has 18 heteroatoms. The summed E-state index contributed by atoms with van der Waals surface area (Å²) in [6.07, 6.45) is 5.92. The fourth-order valence-electron chi connectivity index (χ4n) is 13.6. The number of piperidine rings is 1. The zero-order chi connectivity index (χ0) is 61.9. The second-order valence-electron chi connectivity index (χ2n) is 26.0. The van der Waals surface area contributed by atoms with Crippen LogP contribution in [0.1, 0.15) is 158 Å². The van der Waals surface area contributed by atoms with Crippen LogP contribution in [0.15, 0.2) is 78.0 Å². The number of amides is 1. The highest BCUT2D eigenvalue weighted by Crippen LogP contribution is 2.40. The third kappa shape index (κ3) is 16.7. The molecule has 6 aliphatic rings. The average Bonchev–Trinajstić information content (AvgIpc) is 1.98. The Kier molecular flexibility index (Phi) is 23.9. The lowest BCUT2D eigenvalue weighted by molar-refractivity contribution is -0.265. The van der Waals surface area contributed by atoms with Crippen molar-refractivity contribution in [1.29, 1.82) is 0 Å². The number of aliphatic hydroxyl groups is 2. The van der Waals surface area contributed by atoms with Gasteiger partial charge in [0, 0.05) is 76.8 Å².